The second-order valence-corrected chi connectivity index (χ2v) is 8.99. The monoisotopic (exact) mass is 396 g/mol. The second-order valence-electron chi connectivity index (χ2n) is 6.52. The normalized spacial score (nSPS) is 16.3. The summed E-state index contributed by atoms with van der Waals surface area (Å²) >= 11 is 0. The molecule has 8 heteroatoms. The highest BCUT2D eigenvalue weighted by Gasteiger charge is 2.13. The minimum absolute atomic E-state index is 0.113. The maximum Gasteiger partial charge on any atom is 0.191 e. The van der Waals surface area contributed by atoms with E-state index in [1.807, 2.05) is 13.0 Å². The summed E-state index contributed by atoms with van der Waals surface area (Å²) in [6.07, 6.45) is 0. The van der Waals surface area contributed by atoms with Gasteiger partial charge in [0.1, 0.15) is 0 Å². The van der Waals surface area contributed by atoms with E-state index in [9.17, 15) is 8.42 Å². The molecule has 1 fully saturated rings. The van der Waals surface area contributed by atoms with Crippen molar-refractivity contribution in [2.45, 2.75) is 26.9 Å². The molecule has 0 atom stereocenters. The van der Waals surface area contributed by atoms with Crippen molar-refractivity contribution < 1.29 is 13.2 Å². The molecule has 0 amide bonds. The van der Waals surface area contributed by atoms with Gasteiger partial charge < -0.3 is 15.4 Å². The van der Waals surface area contributed by atoms with Gasteiger partial charge in [0, 0.05) is 38.5 Å². The number of ether oxygens (including phenoxy) is 1. The van der Waals surface area contributed by atoms with Crippen LogP contribution in [0.3, 0.4) is 0 Å². The molecule has 2 rings (SSSR count). The van der Waals surface area contributed by atoms with E-state index in [4.69, 9.17) is 4.74 Å². The van der Waals surface area contributed by atoms with Crippen LogP contribution in [0.1, 0.15) is 25.0 Å². The number of aliphatic imine (C=N–C) groups is 1. The number of nitrogens with zero attached hydrogens (tertiary/aromatic N) is 2. The van der Waals surface area contributed by atoms with Gasteiger partial charge in [0.15, 0.2) is 15.8 Å². The zero-order valence-electron chi connectivity index (χ0n) is 16.4. The molecule has 1 heterocycles. The predicted molar refractivity (Wildman–Crippen MR) is 110 cm³/mol. The Balaban J connectivity index is 1.97. The molecule has 0 bridgehead atoms. The molecular formula is C19H32N4O3S. The third-order valence-corrected chi connectivity index (χ3v) is 6.22. The van der Waals surface area contributed by atoms with Crippen molar-refractivity contribution in [3.05, 3.63) is 35.4 Å². The molecule has 27 heavy (non-hydrogen) atoms. The van der Waals surface area contributed by atoms with E-state index < -0.39 is 9.84 Å². The van der Waals surface area contributed by atoms with Crippen LogP contribution < -0.4 is 10.6 Å². The van der Waals surface area contributed by atoms with Gasteiger partial charge in [0.2, 0.25) is 0 Å². The van der Waals surface area contributed by atoms with E-state index >= 15 is 0 Å². The summed E-state index contributed by atoms with van der Waals surface area (Å²) in [4.78, 5) is 7.03. The number of nitrogens with one attached hydrogen (secondary N) is 2. The molecule has 1 aromatic rings. The topological polar surface area (TPSA) is 83.0 Å². The zero-order valence-corrected chi connectivity index (χ0v) is 17.2. The van der Waals surface area contributed by atoms with Crippen molar-refractivity contribution in [3.63, 3.8) is 0 Å². The number of benzene rings is 1. The maximum absolute atomic E-state index is 11.6. The number of rotatable bonds is 9. The predicted octanol–water partition coefficient (Wildman–Crippen LogP) is 1.01. The Hall–Kier alpha value is -1.64. The van der Waals surface area contributed by atoms with E-state index in [1.165, 1.54) is 11.1 Å². The van der Waals surface area contributed by atoms with Crippen LogP contribution in [-0.2, 0) is 27.7 Å². The second kappa shape index (κ2) is 11.3. The standard InChI is InChI=1S/C19H32N4O3S/c1-3-20-19(21-9-14-27(24,25)4-2)22-15-17-7-5-6-8-18(17)16-23-10-12-26-13-11-23/h5-8H,3-4,9-16H2,1-2H3,(H2,20,21,22). The summed E-state index contributed by atoms with van der Waals surface area (Å²) in [5, 5.41) is 6.29. The molecule has 1 aromatic carbocycles. The van der Waals surface area contributed by atoms with E-state index in [0.29, 0.717) is 19.0 Å². The Kier molecular flexibility index (Phi) is 9.03. The maximum atomic E-state index is 11.6. The Morgan fingerprint density at radius 3 is 2.52 bits per heavy atom. The van der Waals surface area contributed by atoms with Gasteiger partial charge in [0.05, 0.1) is 25.5 Å². The van der Waals surface area contributed by atoms with Crippen LogP contribution in [0.2, 0.25) is 0 Å². The summed E-state index contributed by atoms with van der Waals surface area (Å²) in [5.41, 5.74) is 2.45. The fourth-order valence-electron chi connectivity index (χ4n) is 2.84. The van der Waals surface area contributed by atoms with Crippen molar-refractivity contribution in [2.75, 3.05) is 50.9 Å². The summed E-state index contributed by atoms with van der Waals surface area (Å²) in [6, 6.07) is 8.34. The molecule has 1 aliphatic heterocycles. The first kappa shape index (κ1) is 21.7. The van der Waals surface area contributed by atoms with Gasteiger partial charge in [-0.2, -0.15) is 0 Å². The molecule has 1 saturated heterocycles. The Morgan fingerprint density at radius 2 is 1.85 bits per heavy atom. The lowest BCUT2D eigenvalue weighted by Gasteiger charge is -2.27. The average Bonchev–Trinajstić information content (AvgIpc) is 2.68. The molecule has 0 spiro atoms. The van der Waals surface area contributed by atoms with E-state index in [0.717, 1.165) is 39.4 Å². The Labute approximate surface area is 163 Å². The number of morpholine rings is 1. The van der Waals surface area contributed by atoms with Gasteiger partial charge in [-0.1, -0.05) is 31.2 Å². The molecule has 0 aromatic heterocycles. The fraction of sp³-hybridized carbons (Fsp3) is 0.632. The van der Waals surface area contributed by atoms with Crippen LogP contribution in [0, 0.1) is 0 Å². The first-order valence-electron chi connectivity index (χ1n) is 9.63. The van der Waals surface area contributed by atoms with Crippen molar-refractivity contribution in [1.82, 2.24) is 15.5 Å². The Morgan fingerprint density at radius 1 is 1.15 bits per heavy atom. The van der Waals surface area contributed by atoms with E-state index in [-0.39, 0.29) is 11.5 Å². The first-order chi connectivity index (χ1) is 13.0. The quantitative estimate of drug-likeness (QED) is 0.479. The lowest BCUT2D eigenvalue weighted by atomic mass is 10.1. The molecule has 0 aliphatic carbocycles. The third-order valence-electron chi connectivity index (χ3n) is 4.51. The lowest BCUT2D eigenvalue weighted by molar-refractivity contribution is 0.0341. The third kappa shape index (κ3) is 7.86. The molecule has 2 N–H and O–H groups in total. The highest BCUT2D eigenvalue weighted by molar-refractivity contribution is 7.91. The van der Waals surface area contributed by atoms with Gasteiger partial charge in [-0.3, -0.25) is 4.90 Å². The van der Waals surface area contributed by atoms with Crippen LogP contribution >= 0.6 is 0 Å². The average molecular weight is 397 g/mol. The number of hydrogen-bond donors (Lipinski definition) is 2. The lowest BCUT2D eigenvalue weighted by Crippen LogP contribution is -2.39. The SMILES string of the molecule is CCNC(=NCc1ccccc1CN1CCOCC1)NCCS(=O)(=O)CC. The molecule has 0 unspecified atom stereocenters. The van der Waals surface area contributed by atoms with Crippen LogP contribution in [0.5, 0.6) is 0 Å². The molecule has 1 aliphatic rings. The summed E-state index contributed by atoms with van der Waals surface area (Å²) in [6.45, 7) is 9.67. The minimum atomic E-state index is -2.98. The molecule has 152 valence electrons. The van der Waals surface area contributed by atoms with Gasteiger partial charge >= 0.3 is 0 Å². The summed E-state index contributed by atoms with van der Waals surface area (Å²) in [7, 11) is -2.98. The zero-order chi connectivity index (χ0) is 19.5. The first-order valence-corrected chi connectivity index (χ1v) is 11.5. The highest BCUT2D eigenvalue weighted by atomic mass is 32.2. The van der Waals surface area contributed by atoms with Crippen LogP contribution in [0.4, 0.5) is 0 Å². The molecule has 0 saturated carbocycles. The van der Waals surface area contributed by atoms with Gasteiger partial charge in [0.25, 0.3) is 0 Å². The van der Waals surface area contributed by atoms with Crippen LogP contribution in [-0.4, -0.2) is 70.2 Å². The Bertz CT molecular complexity index is 701. The highest BCUT2D eigenvalue weighted by Crippen LogP contribution is 2.14. The van der Waals surface area contributed by atoms with E-state index in [1.54, 1.807) is 6.92 Å². The van der Waals surface area contributed by atoms with Gasteiger partial charge in [-0.15, -0.1) is 0 Å². The van der Waals surface area contributed by atoms with Crippen molar-refractivity contribution in [2.24, 2.45) is 4.99 Å². The molecule has 0 radical (unpaired) electrons. The van der Waals surface area contributed by atoms with Crippen molar-refractivity contribution in [3.8, 4) is 0 Å². The number of guanidine groups is 1. The number of hydrogen-bond acceptors (Lipinski definition) is 5. The molecular weight excluding hydrogens is 364 g/mol. The summed E-state index contributed by atoms with van der Waals surface area (Å²) < 4.78 is 28.7. The summed E-state index contributed by atoms with van der Waals surface area (Å²) in [5.74, 6) is 0.920. The van der Waals surface area contributed by atoms with Gasteiger partial charge in [-0.05, 0) is 18.1 Å². The largest absolute Gasteiger partial charge is 0.379 e. The van der Waals surface area contributed by atoms with Crippen LogP contribution in [0.15, 0.2) is 29.3 Å². The minimum Gasteiger partial charge on any atom is -0.379 e. The fourth-order valence-corrected chi connectivity index (χ4v) is 3.54. The molecule has 7 nitrogen and oxygen atoms in total. The number of sulfone groups is 1. The van der Waals surface area contributed by atoms with Crippen LogP contribution in [0.25, 0.3) is 0 Å². The smallest absolute Gasteiger partial charge is 0.191 e. The van der Waals surface area contributed by atoms with Crippen molar-refractivity contribution >= 4 is 15.8 Å². The van der Waals surface area contributed by atoms with Gasteiger partial charge in [-0.25, -0.2) is 13.4 Å². The van der Waals surface area contributed by atoms with Crippen molar-refractivity contribution in [1.29, 1.82) is 0 Å². The van der Waals surface area contributed by atoms with E-state index in [2.05, 4.69) is 38.7 Å².